The van der Waals surface area contributed by atoms with Crippen molar-refractivity contribution in [2.45, 2.75) is 40.3 Å². The fourth-order valence-electron chi connectivity index (χ4n) is 4.41. The maximum absolute atomic E-state index is 13.1. The topological polar surface area (TPSA) is 78.9 Å². The van der Waals surface area contributed by atoms with Crippen LogP contribution in [0, 0.1) is 12.8 Å². The van der Waals surface area contributed by atoms with Crippen molar-refractivity contribution in [1.82, 2.24) is 15.3 Å². The van der Waals surface area contributed by atoms with E-state index in [1.54, 1.807) is 0 Å². The zero-order valence-electron chi connectivity index (χ0n) is 23.4. The van der Waals surface area contributed by atoms with Crippen molar-refractivity contribution in [3.63, 3.8) is 0 Å². The van der Waals surface area contributed by atoms with Crippen LogP contribution in [0.2, 0.25) is 0 Å². The molecule has 0 spiro atoms. The number of hydrogen-bond donors (Lipinski definition) is 3. The van der Waals surface area contributed by atoms with Crippen LogP contribution in [0.4, 0.5) is 17.3 Å². The van der Waals surface area contributed by atoms with Crippen LogP contribution in [-0.2, 0) is 6.54 Å². The molecule has 0 saturated heterocycles. The Morgan fingerprint density at radius 3 is 2.30 bits per heavy atom. The molecule has 1 atom stereocenters. The van der Waals surface area contributed by atoms with E-state index in [2.05, 4.69) is 42.8 Å². The average molecular weight is 530 g/mol. The summed E-state index contributed by atoms with van der Waals surface area (Å²) in [5.41, 5.74) is 7.12. The maximum Gasteiger partial charge on any atom is 0.255 e. The number of carbonyl (C=O) groups excluding carboxylic acids is 1. The fourth-order valence-corrected chi connectivity index (χ4v) is 4.41. The number of aromatic nitrogens is 2. The number of nitrogens with one attached hydrogen (secondary N) is 3. The molecule has 0 saturated carbocycles. The van der Waals surface area contributed by atoms with Crippen molar-refractivity contribution >= 4 is 34.1 Å². The van der Waals surface area contributed by atoms with Crippen LogP contribution in [0.15, 0.2) is 97.1 Å². The summed E-state index contributed by atoms with van der Waals surface area (Å²) in [7, 11) is 0. The van der Waals surface area contributed by atoms with Gasteiger partial charge < -0.3 is 16.0 Å². The molecule has 0 aliphatic heterocycles. The van der Waals surface area contributed by atoms with Crippen molar-refractivity contribution in [2.75, 3.05) is 10.6 Å². The monoisotopic (exact) mass is 529 g/mol. The number of nitrogens with zero attached hydrogens (tertiary/aromatic N) is 2. The van der Waals surface area contributed by atoms with Gasteiger partial charge in [0.05, 0.1) is 11.2 Å². The van der Waals surface area contributed by atoms with Gasteiger partial charge in [0.25, 0.3) is 5.91 Å². The minimum atomic E-state index is -0.149. The lowest BCUT2D eigenvalue weighted by atomic mass is 10.1. The molecule has 0 fully saturated rings. The third-order valence-electron chi connectivity index (χ3n) is 7.23. The predicted octanol–water partition coefficient (Wildman–Crippen LogP) is 7.74. The molecule has 202 valence electrons. The zero-order valence-corrected chi connectivity index (χ0v) is 23.4. The summed E-state index contributed by atoms with van der Waals surface area (Å²) in [4.78, 5) is 22.6. The van der Waals surface area contributed by atoms with Gasteiger partial charge in [-0.15, -0.1) is 0 Å². The number of fused-ring (bicyclic) bond motifs is 1. The van der Waals surface area contributed by atoms with E-state index in [0.29, 0.717) is 23.5 Å². The summed E-state index contributed by atoms with van der Waals surface area (Å²) in [6.07, 6.45) is 0. The number of para-hydroxylation sites is 1. The second kappa shape index (κ2) is 12.1. The van der Waals surface area contributed by atoms with Gasteiger partial charge in [-0.2, -0.15) is 0 Å². The normalized spacial score (nSPS) is 11.9. The van der Waals surface area contributed by atoms with Crippen LogP contribution in [0.3, 0.4) is 0 Å². The van der Waals surface area contributed by atoms with Crippen LogP contribution in [-0.4, -0.2) is 21.9 Å². The molecule has 0 bridgehead atoms. The van der Waals surface area contributed by atoms with Crippen molar-refractivity contribution in [2.24, 2.45) is 5.92 Å². The standard InChI is InChI=1S/C34H35N5O/c1-22(2)24(4)35-21-25-15-14-23(3)31(20-25)37-33(40)27-16-18-28(19-17-27)36-34-38-30-13-9-8-12-29(30)32(39-34)26-10-6-5-7-11-26/h5-20,22,24,35H,21H2,1-4H3,(H,37,40)(H,36,38,39). The molecule has 0 aliphatic rings. The molecule has 5 aromatic rings. The molecule has 1 unspecified atom stereocenters. The summed E-state index contributed by atoms with van der Waals surface area (Å²) in [5, 5.41) is 10.9. The number of benzene rings is 4. The predicted molar refractivity (Wildman–Crippen MR) is 165 cm³/mol. The summed E-state index contributed by atoms with van der Waals surface area (Å²) < 4.78 is 0. The van der Waals surface area contributed by atoms with E-state index < -0.39 is 0 Å². The molecule has 0 radical (unpaired) electrons. The van der Waals surface area contributed by atoms with E-state index in [4.69, 9.17) is 9.97 Å². The summed E-state index contributed by atoms with van der Waals surface area (Å²) >= 11 is 0. The first-order valence-corrected chi connectivity index (χ1v) is 13.7. The molecule has 6 heteroatoms. The first kappa shape index (κ1) is 27.0. The fraction of sp³-hybridized carbons (Fsp3) is 0.206. The summed E-state index contributed by atoms with van der Waals surface area (Å²) in [6.45, 7) is 9.36. The molecule has 1 heterocycles. The maximum atomic E-state index is 13.1. The van der Waals surface area contributed by atoms with Crippen LogP contribution in [0.1, 0.15) is 42.3 Å². The Morgan fingerprint density at radius 1 is 0.825 bits per heavy atom. The lowest BCUT2D eigenvalue weighted by molar-refractivity contribution is 0.102. The molecule has 1 amide bonds. The Bertz CT molecular complexity index is 1610. The third-order valence-corrected chi connectivity index (χ3v) is 7.23. The number of rotatable bonds is 9. The Labute approximate surface area is 235 Å². The van der Waals surface area contributed by atoms with E-state index in [-0.39, 0.29) is 5.91 Å². The van der Waals surface area contributed by atoms with Gasteiger partial charge in [-0.25, -0.2) is 9.97 Å². The smallest absolute Gasteiger partial charge is 0.255 e. The van der Waals surface area contributed by atoms with Crippen LogP contribution < -0.4 is 16.0 Å². The molecule has 6 nitrogen and oxygen atoms in total. The van der Waals surface area contributed by atoms with E-state index in [1.807, 2.05) is 97.9 Å². The van der Waals surface area contributed by atoms with Gasteiger partial charge in [0.1, 0.15) is 0 Å². The molecular weight excluding hydrogens is 494 g/mol. The van der Waals surface area contributed by atoms with Crippen LogP contribution in [0.25, 0.3) is 22.2 Å². The van der Waals surface area contributed by atoms with E-state index in [0.717, 1.165) is 51.2 Å². The molecular formula is C34H35N5O. The molecule has 1 aromatic heterocycles. The van der Waals surface area contributed by atoms with Gasteiger partial charge in [0.15, 0.2) is 0 Å². The Morgan fingerprint density at radius 2 is 1.55 bits per heavy atom. The highest BCUT2D eigenvalue weighted by atomic mass is 16.1. The highest BCUT2D eigenvalue weighted by Gasteiger charge is 2.12. The van der Waals surface area contributed by atoms with E-state index in [1.165, 1.54) is 0 Å². The quantitative estimate of drug-likeness (QED) is 0.182. The van der Waals surface area contributed by atoms with Gasteiger partial charge in [-0.1, -0.05) is 74.5 Å². The minimum absolute atomic E-state index is 0.149. The zero-order chi connectivity index (χ0) is 28.1. The SMILES string of the molecule is Cc1ccc(CNC(C)C(C)C)cc1NC(=O)c1ccc(Nc2nc(-c3ccccc3)c3ccccc3n2)cc1. The van der Waals surface area contributed by atoms with Crippen LogP contribution in [0.5, 0.6) is 0 Å². The number of anilines is 3. The summed E-state index contributed by atoms with van der Waals surface area (Å²) in [5.74, 6) is 0.909. The highest BCUT2D eigenvalue weighted by molar-refractivity contribution is 6.05. The van der Waals surface area contributed by atoms with Gasteiger partial charge in [-0.05, 0) is 67.3 Å². The molecule has 0 aliphatic carbocycles. The Balaban J connectivity index is 1.30. The molecule has 40 heavy (non-hydrogen) atoms. The second-order valence-electron chi connectivity index (χ2n) is 10.5. The Hall–Kier alpha value is -4.55. The third kappa shape index (κ3) is 6.35. The molecule has 3 N–H and O–H groups in total. The van der Waals surface area contributed by atoms with Crippen LogP contribution >= 0.6 is 0 Å². The van der Waals surface area contributed by atoms with Gasteiger partial charge >= 0.3 is 0 Å². The largest absolute Gasteiger partial charge is 0.324 e. The molecule has 4 aromatic carbocycles. The first-order valence-electron chi connectivity index (χ1n) is 13.7. The minimum Gasteiger partial charge on any atom is -0.324 e. The van der Waals surface area contributed by atoms with E-state index >= 15 is 0 Å². The number of aryl methyl sites for hydroxylation is 1. The van der Waals surface area contributed by atoms with Crippen molar-refractivity contribution < 1.29 is 4.79 Å². The number of hydrogen-bond acceptors (Lipinski definition) is 5. The average Bonchev–Trinajstić information content (AvgIpc) is 2.97. The number of carbonyl (C=O) groups is 1. The van der Waals surface area contributed by atoms with Crippen molar-refractivity contribution in [3.05, 3.63) is 114 Å². The first-order chi connectivity index (χ1) is 19.4. The van der Waals surface area contributed by atoms with Crippen molar-refractivity contribution in [1.29, 1.82) is 0 Å². The lowest BCUT2D eigenvalue weighted by Crippen LogP contribution is -2.30. The second-order valence-corrected chi connectivity index (χ2v) is 10.5. The summed E-state index contributed by atoms with van der Waals surface area (Å²) in [6, 6.07) is 32.1. The van der Waals surface area contributed by atoms with Crippen molar-refractivity contribution in [3.8, 4) is 11.3 Å². The molecule has 5 rings (SSSR count). The van der Waals surface area contributed by atoms with E-state index in [9.17, 15) is 4.79 Å². The van der Waals surface area contributed by atoms with Gasteiger partial charge in [0, 0.05) is 40.5 Å². The van der Waals surface area contributed by atoms with Gasteiger partial charge in [0.2, 0.25) is 5.95 Å². The van der Waals surface area contributed by atoms with Gasteiger partial charge in [-0.3, -0.25) is 4.79 Å². The Kier molecular flexibility index (Phi) is 8.18. The lowest BCUT2D eigenvalue weighted by Gasteiger charge is -2.18. The number of amides is 1. The highest BCUT2D eigenvalue weighted by Crippen LogP contribution is 2.28.